The van der Waals surface area contributed by atoms with Gasteiger partial charge in [-0.3, -0.25) is 4.79 Å². The molecule has 0 spiro atoms. The van der Waals surface area contributed by atoms with Crippen LogP contribution >= 0.6 is 11.6 Å². The fourth-order valence-electron chi connectivity index (χ4n) is 1.30. The first-order valence-corrected chi connectivity index (χ1v) is 6.06. The molecule has 1 amide bonds. The van der Waals surface area contributed by atoms with Crippen molar-refractivity contribution in [3.05, 3.63) is 35.4 Å². The lowest BCUT2D eigenvalue weighted by Crippen LogP contribution is -2.24. The second-order valence-corrected chi connectivity index (χ2v) is 4.20. The minimum atomic E-state index is -0.447. The molecule has 1 aromatic rings. The van der Waals surface area contributed by atoms with Crippen LogP contribution in [0.15, 0.2) is 29.3 Å². The van der Waals surface area contributed by atoms with Crippen LogP contribution in [0.1, 0.15) is 20.7 Å². The van der Waals surface area contributed by atoms with Crippen LogP contribution in [0.2, 0.25) is 0 Å². The number of hydrogen-bond acceptors (Lipinski definition) is 3. The van der Waals surface area contributed by atoms with Gasteiger partial charge < -0.3 is 9.64 Å². The van der Waals surface area contributed by atoms with Crippen molar-refractivity contribution in [1.29, 1.82) is 0 Å². The quantitative estimate of drug-likeness (QED) is 0.367. The number of halogens is 1. The van der Waals surface area contributed by atoms with Crippen molar-refractivity contribution in [3.63, 3.8) is 0 Å². The van der Waals surface area contributed by atoms with Crippen molar-refractivity contribution in [2.45, 2.75) is 0 Å². The number of alkyl halides is 1. The van der Waals surface area contributed by atoms with Crippen LogP contribution in [-0.4, -0.2) is 49.7 Å². The van der Waals surface area contributed by atoms with Gasteiger partial charge in [-0.25, -0.2) is 4.79 Å². The van der Waals surface area contributed by atoms with Crippen LogP contribution in [0, 0.1) is 0 Å². The Balaban J connectivity index is 2.92. The fourth-order valence-corrected chi connectivity index (χ4v) is 1.60. The minimum absolute atomic E-state index is 0.152. The number of methoxy groups -OCH3 is 1. The van der Waals surface area contributed by atoms with E-state index in [1.807, 2.05) is 0 Å². The Morgan fingerprint density at radius 1 is 1.21 bits per heavy atom. The molecule has 0 aliphatic carbocycles. The van der Waals surface area contributed by atoms with Gasteiger partial charge in [0.15, 0.2) is 0 Å². The van der Waals surface area contributed by atoms with Crippen molar-refractivity contribution in [1.82, 2.24) is 4.90 Å². The third-order valence-corrected chi connectivity index (χ3v) is 2.66. The Morgan fingerprint density at radius 3 is 2.16 bits per heavy atom. The van der Waals surface area contributed by atoms with Crippen LogP contribution < -0.4 is 0 Å². The van der Waals surface area contributed by atoms with E-state index in [1.165, 1.54) is 31.4 Å². The molecule has 0 bridgehead atoms. The number of carbonyl (C=O) groups excluding carboxylic acids is 2. The molecule has 0 atom stereocenters. The summed E-state index contributed by atoms with van der Waals surface area (Å²) in [7, 11) is 4.82. The second kappa shape index (κ2) is 6.89. The molecule has 0 N–H and O–H groups in total. The van der Waals surface area contributed by atoms with Crippen molar-refractivity contribution < 1.29 is 14.3 Å². The Labute approximate surface area is 116 Å². The third kappa shape index (κ3) is 4.06. The smallest absolute Gasteiger partial charge is 0.337 e. The van der Waals surface area contributed by atoms with Gasteiger partial charge in [0.2, 0.25) is 0 Å². The summed E-state index contributed by atoms with van der Waals surface area (Å²) in [6.07, 6.45) is 0. The molecule has 19 heavy (non-hydrogen) atoms. The lowest BCUT2D eigenvalue weighted by molar-refractivity contribution is 0.0600. The summed E-state index contributed by atoms with van der Waals surface area (Å²) in [6, 6.07) is 6.09. The molecular formula is C13H15ClN2O3. The zero-order valence-electron chi connectivity index (χ0n) is 11.0. The molecule has 0 aliphatic heterocycles. The Bertz CT molecular complexity index is 495. The molecule has 0 aliphatic rings. The Morgan fingerprint density at radius 2 is 1.74 bits per heavy atom. The number of hydrogen-bond donors (Lipinski definition) is 0. The summed E-state index contributed by atoms with van der Waals surface area (Å²) in [4.78, 5) is 28.7. The zero-order valence-corrected chi connectivity index (χ0v) is 11.8. The number of nitrogens with zero attached hydrogens (tertiary/aromatic N) is 2. The molecule has 0 saturated carbocycles. The van der Waals surface area contributed by atoms with E-state index in [9.17, 15) is 9.59 Å². The summed E-state index contributed by atoms with van der Waals surface area (Å²) < 4.78 is 4.57. The van der Waals surface area contributed by atoms with E-state index in [-0.39, 0.29) is 5.88 Å². The zero-order chi connectivity index (χ0) is 14.4. The number of amidine groups is 1. The van der Waals surface area contributed by atoms with Gasteiger partial charge in [-0.05, 0) is 24.3 Å². The molecule has 0 aromatic heterocycles. The minimum Gasteiger partial charge on any atom is -0.465 e. The van der Waals surface area contributed by atoms with Gasteiger partial charge in [0.05, 0.1) is 18.6 Å². The number of aliphatic imine (C=N–C) groups is 1. The average Bonchev–Trinajstić information content (AvgIpc) is 2.43. The van der Waals surface area contributed by atoms with E-state index in [1.54, 1.807) is 19.0 Å². The van der Waals surface area contributed by atoms with Crippen LogP contribution in [0.3, 0.4) is 0 Å². The number of ether oxygens (including phenoxy) is 1. The molecule has 1 aromatic carbocycles. The molecule has 6 heteroatoms. The highest BCUT2D eigenvalue weighted by atomic mass is 35.5. The van der Waals surface area contributed by atoms with E-state index < -0.39 is 11.9 Å². The summed E-state index contributed by atoms with van der Waals surface area (Å²) >= 11 is 5.69. The molecule has 0 fully saturated rings. The van der Waals surface area contributed by atoms with E-state index >= 15 is 0 Å². The number of esters is 1. The highest BCUT2D eigenvalue weighted by molar-refractivity contribution is 6.29. The predicted octanol–water partition coefficient (Wildman–Crippen LogP) is 1.81. The van der Waals surface area contributed by atoms with Gasteiger partial charge in [0, 0.05) is 19.7 Å². The number of amides is 1. The highest BCUT2D eigenvalue weighted by Crippen LogP contribution is 2.07. The Kier molecular flexibility index (Phi) is 5.51. The van der Waals surface area contributed by atoms with Gasteiger partial charge >= 0.3 is 5.97 Å². The molecule has 0 saturated heterocycles. The van der Waals surface area contributed by atoms with Gasteiger partial charge in [-0.1, -0.05) is 0 Å². The average molecular weight is 283 g/mol. The molecular weight excluding hydrogens is 268 g/mol. The van der Waals surface area contributed by atoms with Crippen LogP contribution in [0.5, 0.6) is 0 Å². The predicted molar refractivity (Wildman–Crippen MR) is 74.0 cm³/mol. The lowest BCUT2D eigenvalue weighted by Gasteiger charge is -2.12. The van der Waals surface area contributed by atoms with E-state index in [0.29, 0.717) is 17.0 Å². The normalized spacial score (nSPS) is 11.1. The standard InChI is InChI=1S/C13H15ClN2O3/c1-16(2)11(8-14)15-12(17)9-4-6-10(7-5-9)13(18)19-3/h4-7H,8H2,1-3H3. The summed E-state index contributed by atoms with van der Waals surface area (Å²) in [5.74, 6) is -0.222. The molecule has 0 unspecified atom stereocenters. The molecule has 0 heterocycles. The lowest BCUT2D eigenvalue weighted by atomic mass is 10.1. The van der Waals surface area contributed by atoms with Gasteiger partial charge in [0.25, 0.3) is 5.91 Å². The first-order chi connectivity index (χ1) is 8.99. The van der Waals surface area contributed by atoms with Crippen molar-refractivity contribution in [3.8, 4) is 0 Å². The highest BCUT2D eigenvalue weighted by Gasteiger charge is 2.10. The maximum atomic E-state index is 11.9. The second-order valence-electron chi connectivity index (χ2n) is 3.93. The SMILES string of the molecule is COC(=O)c1ccc(C(=O)N=C(CCl)N(C)C)cc1. The van der Waals surface area contributed by atoms with Crippen LogP contribution in [0.25, 0.3) is 0 Å². The summed E-state index contributed by atoms with van der Waals surface area (Å²) in [6.45, 7) is 0. The third-order valence-electron chi connectivity index (χ3n) is 2.42. The molecule has 0 radical (unpaired) electrons. The topological polar surface area (TPSA) is 59.0 Å². The van der Waals surface area contributed by atoms with Gasteiger partial charge in [-0.2, -0.15) is 4.99 Å². The van der Waals surface area contributed by atoms with Crippen molar-refractivity contribution in [2.24, 2.45) is 4.99 Å². The Hall–Kier alpha value is -1.88. The van der Waals surface area contributed by atoms with Crippen molar-refractivity contribution >= 4 is 29.3 Å². The summed E-state index contributed by atoms with van der Waals surface area (Å²) in [5.41, 5.74) is 0.769. The monoisotopic (exact) mass is 282 g/mol. The number of rotatable bonds is 3. The maximum absolute atomic E-state index is 11.9. The number of carbonyl (C=O) groups is 2. The van der Waals surface area contributed by atoms with E-state index in [0.717, 1.165) is 0 Å². The molecule has 102 valence electrons. The van der Waals surface area contributed by atoms with Crippen LogP contribution in [-0.2, 0) is 4.74 Å². The molecule has 1 rings (SSSR count). The number of benzene rings is 1. The van der Waals surface area contributed by atoms with E-state index in [2.05, 4.69) is 9.73 Å². The van der Waals surface area contributed by atoms with Gasteiger partial charge in [-0.15, -0.1) is 11.6 Å². The maximum Gasteiger partial charge on any atom is 0.337 e. The van der Waals surface area contributed by atoms with E-state index in [4.69, 9.17) is 11.6 Å². The van der Waals surface area contributed by atoms with Gasteiger partial charge in [0.1, 0.15) is 5.84 Å². The first kappa shape index (κ1) is 15.2. The van der Waals surface area contributed by atoms with Crippen LogP contribution in [0.4, 0.5) is 0 Å². The largest absolute Gasteiger partial charge is 0.465 e. The fraction of sp³-hybridized carbons (Fsp3) is 0.308. The summed E-state index contributed by atoms with van der Waals surface area (Å²) in [5, 5.41) is 0. The first-order valence-electron chi connectivity index (χ1n) is 5.53. The van der Waals surface area contributed by atoms with Crippen molar-refractivity contribution in [2.75, 3.05) is 27.1 Å². The molecule has 5 nitrogen and oxygen atoms in total.